The third kappa shape index (κ3) is 5.50. The summed E-state index contributed by atoms with van der Waals surface area (Å²) in [6, 6.07) is 7.60. The monoisotopic (exact) mass is 385 g/mol. The van der Waals surface area contributed by atoms with Crippen molar-refractivity contribution in [3.8, 4) is 5.75 Å². The van der Waals surface area contributed by atoms with Crippen LogP contribution < -0.4 is 10.1 Å². The van der Waals surface area contributed by atoms with E-state index >= 15 is 0 Å². The van der Waals surface area contributed by atoms with E-state index in [0.29, 0.717) is 13.2 Å². The average Bonchev–Trinajstić information content (AvgIpc) is 3.25. The number of thiazole rings is 2. The van der Waals surface area contributed by atoms with Crippen molar-refractivity contribution in [2.75, 3.05) is 0 Å². The molecule has 3 rings (SSSR count). The summed E-state index contributed by atoms with van der Waals surface area (Å²) in [4.78, 5) is 21.5. The Morgan fingerprint density at radius 3 is 2.69 bits per heavy atom. The summed E-state index contributed by atoms with van der Waals surface area (Å²) in [7, 11) is 0. The van der Waals surface area contributed by atoms with Crippen molar-refractivity contribution in [1.82, 2.24) is 15.3 Å². The van der Waals surface area contributed by atoms with Gasteiger partial charge in [0.1, 0.15) is 12.4 Å². The molecule has 134 valence electrons. The van der Waals surface area contributed by atoms with Crippen LogP contribution >= 0.6 is 22.7 Å². The minimum Gasteiger partial charge on any atom is -0.487 e. The predicted octanol–water partition coefficient (Wildman–Crippen LogP) is 4.13. The molecule has 5 nitrogen and oxygen atoms in total. The maximum absolute atomic E-state index is 11.9. The van der Waals surface area contributed by atoms with E-state index in [1.54, 1.807) is 34.9 Å². The van der Waals surface area contributed by atoms with Gasteiger partial charge in [-0.05, 0) is 37.6 Å². The van der Waals surface area contributed by atoms with Gasteiger partial charge in [-0.15, -0.1) is 22.7 Å². The number of aryl methyl sites for hydroxylation is 2. The van der Waals surface area contributed by atoms with Gasteiger partial charge >= 0.3 is 0 Å². The van der Waals surface area contributed by atoms with Gasteiger partial charge in [-0.2, -0.15) is 0 Å². The number of hydrogen-bond donors (Lipinski definition) is 1. The molecule has 0 spiro atoms. The Morgan fingerprint density at radius 2 is 2.04 bits per heavy atom. The molecule has 7 heteroatoms. The van der Waals surface area contributed by atoms with Crippen LogP contribution in [0.5, 0.6) is 5.75 Å². The van der Waals surface area contributed by atoms with E-state index < -0.39 is 0 Å². The van der Waals surface area contributed by atoms with E-state index in [9.17, 15) is 4.79 Å². The Balaban J connectivity index is 1.46. The number of hydrogen-bond acceptors (Lipinski definition) is 6. The minimum atomic E-state index is -0.129. The van der Waals surface area contributed by atoms with Gasteiger partial charge < -0.3 is 10.1 Å². The Kier molecular flexibility index (Phi) is 6.14. The Bertz CT molecular complexity index is 898. The third-order valence-corrected chi connectivity index (χ3v) is 5.20. The van der Waals surface area contributed by atoms with Crippen LogP contribution in [0.1, 0.15) is 26.1 Å². The number of amides is 1. The molecule has 3 aromatic rings. The Hall–Kier alpha value is -2.51. The molecule has 0 radical (unpaired) electrons. The van der Waals surface area contributed by atoms with E-state index in [0.717, 1.165) is 31.9 Å². The summed E-state index contributed by atoms with van der Waals surface area (Å²) < 4.78 is 5.71. The first-order chi connectivity index (χ1) is 12.6. The predicted molar refractivity (Wildman–Crippen MR) is 105 cm³/mol. The van der Waals surface area contributed by atoms with E-state index in [4.69, 9.17) is 4.74 Å². The average molecular weight is 386 g/mol. The maximum atomic E-state index is 11.9. The molecule has 0 aliphatic heterocycles. The van der Waals surface area contributed by atoms with E-state index in [-0.39, 0.29) is 5.91 Å². The van der Waals surface area contributed by atoms with Crippen molar-refractivity contribution in [2.24, 2.45) is 0 Å². The number of nitrogens with one attached hydrogen (secondary N) is 1. The lowest BCUT2D eigenvalue weighted by atomic mass is 10.2. The molecular weight excluding hydrogens is 366 g/mol. The number of benzene rings is 1. The molecule has 1 amide bonds. The first-order valence-corrected chi connectivity index (χ1v) is 9.79. The first-order valence-electron chi connectivity index (χ1n) is 8.09. The molecule has 26 heavy (non-hydrogen) atoms. The summed E-state index contributed by atoms with van der Waals surface area (Å²) in [5, 5.41) is 6.88. The second kappa shape index (κ2) is 8.73. The minimum absolute atomic E-state index is 0.129. The highest BCUT2D eigenvalue weighted by Gasteiger charge is 2.01. The van der Waals surface area contributed by atoms with Gasteiger partial charge in [0, 0.05) is 22.5 Å². The van der Waals surface area contributed by atoms with Crippen LogP contribution in [0.4, 0.5) is 0 Å². The van der Waals surface area contributed by atoms with Gasteiger partial charge in [-0.25, -0.2) is 9.97 Å². The van der Waals surface area contributed by atoms with Gasteiger partial charge in [0.05, 0.1) is 22.3 Å². The summed E-state index contributed by atoms with van der Waals surface area (Å²) in [6.07, 6.45) is 5.10. The highest BCUT2D eigenvalue weighted by molar-refractivity contribution is 7.11. The number of carbonyl (C=O) groups excluding carboxylic acids is 1. The largest absolute Gasteiger partial charge is 0.487 e. The zero-order valence-electron chi connectivity index (χ0n) is 14.6. The van der Waals surface area contributed by atoms with Crippen molar-refractivity contribution in [2.45, 2.75) is 27.0 Å². The van der Waals surface area contributed by atoms with Crippen LogP contribution in [0.2, 0.25) is 0 Å². The fourth-order valence-corrected chi connectivity index (χ4v) is 3.53. The Labute approximate surface area is 160 Å². The maximum Gasteiger partial charge on any atom is 0.244 e. The first kappa shape index (κ1) is 18.3. The molecule has 1 N–H and O–H groups in total. The van der Waals surface area contributed by atoms with Crippen LogP contribution in [0.15, 0.2) is 41.9 Å². The Morgan fingerprint density at radius 1 is 1.23 bits per heavy atom. The summed E-state index contributed by atoms with van der Waals surface area (Å²) in [6.45, 7) is 4.88. The molecule has 0 fully saturated rings. The van der Waals surface area contributed by atoms with Crippen molar-refractivity contribution in [1.29, 1.82) is 0 Å². The SMILES string of the molecule is Cc1nc(COc2ccc(C=CC(=O)NCc3cnc(C)s3)cc2)cs1. The topological polar surface area (TPSA) is 64.1 Å². The molecule has 0 bridgehead atoms. The second-order valence-corrected chi connectivity index (χ2v) is 7.99. The molecule has 0 aliphatic rings. The zero-order valence-corrected chi connectivity index (χ0v) is 16.2. The van der Waals surface area contributed by atoms with Gasteiger partial charge in [0.25, 0.3) is 0 Å². The van der Waals surface area contributed by atoms with E-state index in [1.807, 2.05) is 43.5 Å². The lowest BCUT2D eigenvalue weighted by Crippen LogP contribution is -2.19. The summed E-state index contributed by atoms with van der Waals surface area (Å²) in [5.74, 6) is 0.646. The van der Waals surface area contributed by atoms with E-state index in [2.05, 4.69) is 15.3 Å². The van der Waals surface area contributed by atoms with Crippen molar-refractivity contribution in [3.05, 3.63) is 68.1 Å². The quantitative estimate of drug-likeness (QED) is 0.621. The molecule has 0 unspecified atom stereocenters. The van der Waals surface area contributed by atoms with Gasteiger partial charge in [-0.1, -0.05) is 12.1 Å². The molecule has 0 aliphatic carbocycles. The lowest BCUT2D eigenvalue weighted by molar-refractivity contribution is -0.116. The molecule has 0 saturated carbocycles. The van der Waals surface area contributed by atoms with Gasteiger partial charge in [0.2, 0.25) is 5.91 Å². The third-order valence-electron chi connectivity index (χ3n) is 3.47. The second-order valence-electron chi connectivity index (χ2n) is 5.61. The van der Waals surface area contributed by atoms with Crippen LogP contribution in [0.3, 0.4) is 0 Å². The number of ether oxygens (including phenoxy) is 1. The van der Waals surface area contributed by atoms with Crippen molar-refractivity contribution >= 4 is 34.7 Å². The number of nitrogens with zero attached hydrogens (tertiary/aromatic N) is 2. The fourth-order valence-electron chi connectivity index (χ4n) is 2.20. The normalized spacial score (nSPS) is 11.0. The highest BCUT2D eigenvalue weighted by Crippen LogP contribution is 2.16. The van der Waals surface area contributed by atoms with E-state index in [1.165, 1.54) is 6.08 Å². The molecular formula is C19H19N3O2S2. The molecule has 2 heterocycles. The van der Waals surface area contributed by atoms with Crippen molar-refractivity contribution in [3.63, 3.8) is 0 Å². The summed E-state index contributed by atoms with van der Waals surface area (Å²) >= 11 is 3.20. The zero-order chi connectivity index (χ0) is 18.4. The molecule has 2 aromatic heterocycles. The highest BCUT2D eigenvalue weighted by atomic mass is 32.1. The van der Waals surface area contributed by atoms with Crippen molar-refractivity contribution < 1.29 is 9.53 Å². The standard InChI is InChI=1S/C19H19N3O2S2/c1-13-20-9-18(26-13)10-21-19(23)8-5-15-3-6-17(7-4-15)24-11-16-12-25-14(2)22-16/h3-9,12H,10-11H2,1-2H3,(H,21,23). The molecule has 1 aromatic carbocycles. The molecule has 0 saturated heterocycles. The molecule has 0 atom stereocenters. The fraction of sp³-hybridized carbons (Fsp3) is 0.211. The summed E-state index contributed by atoms with van der Waals surface area (Å²) in [5.41, 5.74) is 1.87. The van der Waals surface area contributed by atoms with Crippen LogP contribution in [0.25, 0.3) is 6.08 Å². The number of rotatable bonds is 7. The van der Waals surface area contributed by atoms with Crippen LogP contribution in [-0.2, 0) is 17.9 Å². The van der Waals surface area contributed by atoms with Gasteiger partial charge in [0.15, 0.2) is 0 Å². The number of carbonyl (C=O) groups is 1. The van der Waals surface area contributed by atoms with Gasteiger partial charge in [-0.3, -0.25) is 4.79 Å². The lowest BCUT2D eigenvalue weighted by Gasteiger charge is -2.04. The van der Waals surface area contributed by atoms with Crippen LogP contribution in [0, 0.1) is 13.8 Å². The number of aromatic nitrogens is 2. The van der Waals surface area contributed by atoms with Crippen LogP contribution in [-0.4, -0.2) is 15.9 Å². The smallest absolute Gasteiger partial charge is 0.244 e.